The molecule has 1 N–H and O–H groups in total. The van der Waals surface area contributed by atoms with E-state index < -0.39 is 0 Å². The van der Waals surface area contributed by atoms with E-state index in [4.69, 9.17) is 11.6 Å². The van der Waals surface area contributed by atoms with Crippen LogP contribution in [0.5, 0.6) is 0 Å². The van der Waals surface area contributed by atoms with Crippen molar-refractivity contribution in [2.75, 3.05) is 11.4 Å². The zero-order valence-corrected chi connectivity index (χ0v) is 13.4. The highest BCUT2D eigenvalue weighted by molar-refractivity contribution is 14.1. The molecule has 1 saturated carbocycles. The fraction of sp³-hybridized carbons (Fsp3) is 0.500. The monoisotopic (exact) mass is 390 g/mol. The van der Waals surface area contributed by atoms with Gasteiger partial charge in [0.1, 0.15) is 0 Å². The molecule has 3 rings (SSSR count). The van der Waals surface area contributed by atoms with Crippen molar-refractivity contribution in [3.63, 3.8) is 0 Å². The first-order valence-electron chi connectivity index (χ1n) is 6.67. The van der Waals surface area contributed by atoms with Gasteiger partial charge in [0, 0.05) is 21.2 Å². The van der Waals surface area contributed by atoms with Gasteiger partial charge in [0.2, 0.25) is 5.91 Å². The Labute approximate surface area is 131 Å². The zero-order chi connectivity index (χ0) is 13.4. The molecule has 19 heavy (non-hydrogen) atoms. The molecule has 0 radical (unpaired) electrons. The second-order valence-electron chi connectivity index (χ2n) is 5.22. The fourth-order valence-corrected chi connectivity index (χ4v) is 3.67. The Morgan fingerprint density at radius 3 is 2.79 bits per heavy atom. The van der Waals surface area contributed by atoms with Gasteiger partial charge in [0.25, 0.3) is 0 Å². The molecule has 1 saturated heterocycles. The summed E-state index contributed by atoms with van der Waals surface area (Å²) in [6, 6.07) is 6.26. The molecule has 1 aromatic carbocycles. The predicted octanol–water partition coefficient (Wildman–Crippen LogP) is 3.19. The van der Waals surface area contributed by atoms with Crippen LogP contribution in [0.2, 0.25) is 5.02 Å². The fourth-order valence-electron chi connectivity index (χ4n) is 2.50. The van der Waals surface area contributed by atoms with E-state index in [1.807, 2.05) is 23.1 Å². The van der Waals surface area contributed by atoms with Crippen LogP contribution in [-0.2, 0) is 4.79 Å². The number of benzene rings is 1. The van der Waals surface area contributed by atoms with Gasteiger partial charge in [0.05, 0.1) is 11.7 Å². The maximum atomic E-state index is 12.6. The molecule has 2 fully saturated rings. The smallest absolute Gasteiger partial charge is 0.244 e. The first-order chi connectivity index (χ1) is 9.15. The number of nitrogens with zero attached hydrogens (tertiary/aromatic N) is 1. The van der Waals surface area contributed by atoms with Gasteiger partial charge in [-0.25, -0.2) is 0 Å². The van der Waals surface area contributed by atoms with Crippen molar-refractivity contribution in [2.45, 2.75) is 37.8 Å². The van der Waals surface area contributed by atoms with E-state index in [0.717, 1.165) is 28.6 Å². The molecule has 0 bridgehead atoms. The Bertz CT molecular complexity index is 504. The minimum absolute atomic E-state index is 0.00673. The van der Waals surface area contributed by atoms with Gasteiger partial charge in [-0.15, -0.1) is 0 Å². The van der Waals surface area contributed by atoms with E-state index in [0.29, 0.717) is 11.1 Å². The highest BCUT2D eigenvalue weighted by Crippen LogP contribution is 2.30. The van der Waals surface area contributed by atoms with Crippen molar-refractivity contribution in [3.05, 3.63) is 26.8 Å². The van der Waals surface area contributed by atoms with E-state index in [1.165, 1.54) is 12.8 Å². The van der Waals surface area contributed by atoms with Crippen molar-refractivity contribution < 1.29 is 4.79 Å². The Morgan fingerprint density at radius 2 is 2.11 bits per heavy atom. The molecule has 1 amide bonds. The SMILES string of the molecule is O=C1C(NC2CC2)CCCN1c1ccc(Cl)cc1I. The summed E-state index contributed by atoms with van der Waals surface area (Å²) in [5.74, 6) is 0.207. The molecule has 3 nitrogen and oxygen atoms in total. The summed E-state index contributed by atoms with van der Waals surface area (Å²) in [4.78, 5) is 14.5. The van der Waals surface area contributed by atoms with Gasteiger partial charge >= 0.3 is 0 Å². The van der Waals surface area contributed by atoms with E-state index in [9.17, 15) is 4.79 Å². The Kier molecular flexibility index (Phi) is 4.01. The minimum Gasteiger partial charge on any atom is -0.310 e. The summed E-state index contributed by atoms with van der Waals surface area (Å²) >= 11 is 8.22. The minimum atomic E-state index is -0.00673. The molecule has 1 atom stereocenters. The van der Waals surface area contributed by atoms with Gasteiger partial charge < -0.3 is 10.2 Å². The van der Waals surface area contributed by atoms with E-state index >= 15 is 0 Å². The molecule has 5 heteroatoms. The number of hydrogen-bond acceptors (Lipinski definition) is 2. The van der Waals surface area contributed by atoms with Gasteiger partial charge in [-0.3, -0.25) is 4.79 Å². The molecule has 1 heterocycles. The maximum Gasteiger partial charge on any atom is 0.244 e. The van der Waals surface area contributed by atoms with Crippen LogP contribution in [0.3, 0.4) is 0 Å². The lowest BCUT2D eigenvalue weighted by Crippen LogP contribution is -2.51. The Balaban J connectivity index is 1.80. The third-order valence-electron chi connectivity index (χ3n) is 3.65. The standard InChI is InChI=1S/C14H16ClIN2O/c15-9-3-6-13(11(16)8-9)18-7-1-2-12(14(18)19)17-10-4-5-10/h3,6,8,10,12,17H,1-2,4-5,7H2. The molecular weight excluding hydrogens is 375 g/mol. The zero-order valence-electron chi connectivity index (χ0n) is 10.5. The maximum absolute atomic E-state index is 12.6. The highest BCUT2D eigenvalue weighted by Gasteiger charge is 2.34. The van der Waals surface area contributed by atoms with Crippen molar-refractivity contribution in [2.24, 2.45) is 0 Å². The molecule has 1 aliphatic carbocycles. The summed E-state index contributed by atoms with van der Waals surface area (Å²) in [5.41, 5.74) is 0.984. The van der Waals surface area contributed by atoms with Crippen molar-refractivity contribution >= 4 is 45.8 Å². The summed E-state index contributed by atoms with van der Waals surface area (Å²) in [5, 5.41) is 4.17. The highest BCUT2D eigenvalue weighted by atomic mass is 127. The molecule has 1 unspecified atom stereocenters. The van der Waals surface area contributed by atoms with Crippen molar-refractivity contribution in [3.8, 4) is 0 Å². The lowest BCUT2D eigenvalue weighted by Gasteiger charge is -2.33. The van der Waals surface area contributed by atoms with Crippen LogP contribution in [0.1, 0.15) is 25.7 Å². The van der Waals surface area contributed by atoms with Crippen LogP contribution >= 0.6 is 34.2 Å². The van der Waals surface area contributed by atoms with Crippen LogP contribution in [0.25, 0.3) is 0 Å². The van der Waals surface area contributed by atoms with Crippen LogP contribution < -0.4 is 10.2 Å². The average Bonchev–Trinajstić information content (AvgIpc) is 3.17. The van der Waals surface area contributed by atoms with Gasteiger partial charge in [0.15, 0.2) is 0 Å². The summed E-state index contributed by atoms with van der Waals surface area (Å²) in [6.07, 6.45) is 4.43. The molecule has 102 valence electrons. The predicted molar refractivity (Wildman–Crippen MR) is 85.7 cm³/mol. The first-order valence-corrected chi connectivity index (χ1v) is 8.13. The normalized spacial score (nSPS) is 23.8. The number of piperidine rings is 1. The Morgan fingerprint density at radius 1 is 1.32 bits per heavy atom. The lowest BCUT2D eigenvalue weighted by molar-refractivity contribution is -0.121. The first kappa shape index (κ1) is 13.6. The second kappa shape index (κ2) is 5.58. The number of nitrogens with one attached hydrogen (secondary N) is 1. The topological polar surface area (TPSA) is 32.3 Å². The van der Waals surface area contributed by atoms with E-state index in [1.54, 1.807) is 0 Å². The van der Waals surface area contributed by atoms with Crippen LogP contribution in [0, 0.1) is 3.57 Å². The van der Waals surface area contributed by atoms with E-state index in [2.05, 4.69) is 27.9 Å². The number of amides is 1. The van der Waals surface area contributed by atoms with E-state index in [-0.39, 0.29) is 11.9 Å². The molecule has 2 aliphatic rings. The number of halogens is 2. The summed E-state index contributed by atoms with van der Waals surface area (Å²) in [6.45, 7) is 0.805. The van der Waals surface area contributed by atoms with Crippen molar-refractivity contribution in [1.82, 2.24) is 5.32 Å². The third kappa shape index (κ3) is 3.06. The summed E-state index contributed by atoms with van der Waals surface area (Å²) in [7, 11) is 0. The summed E-state index contributed by atoms with van der Waals surface area (Å²) < 4.78 is 1.03. The number of carbonyl (C=O) groups excluding carboxylic acids is 1. The quantitative estimate of drug-likeness (QED) is 0.804. The molecule has 1 aromatic rings. The van der Waals surface area contributed by atoms with Crippen LogP contribution in [0.15, 0.2) is 18.2 Å². The van der Waals surface area contributed by atoms with Gasteiger partial charge in [-0.2, -0.15) is 0 Å². The Hall–Kier alpha value is -0.330. The van der Waals surface area contributed by atoms with Crippen LogP contribution in [0.4, 0.5) is 5.69 Å². The number of anilines is 1. The van der Waals surface area contributed by atoms with Gasteiger partial charge in [-0.05, 0) is 66.5 Å². The largest absolute Gasteiger partial charge is 0.310 e. The molecule has 0 aromatic heterocycles. The second-order valence-corrected chi connectivity index (χ2v) is 6.82. The lowest BCUT2D eigenvalue weighted by atomic mass is 10.0. The number of rotatable bonds is 3. The third-order valence-corrected chi connectivity index (χ3v) is 4.75. The number of carbonyl (C=O) groups is 1. The average molecular weight is 391 g/mol. The number of hydrogen-bond donors (Lipinski definition) is 1. The molecular formula is C14H16ClIN2O. The van der Waals surface area contributed by atoms with Gasteiger partial charge in [-0.1, -0.05) is 11.6 Å². The molecule has 0 spiro atoms. The van der Waals surface area contributed by atoms with Crippen LogP contribution in [-0.4, -0.2) is 24.5 Å². The van der Waals surface area contributed by atoms with Crippen molar-refractivity contribution in [1.29, 1.82) is 0 Å². The molecule has 1 aliphatic heterocycles.